The quantitative estimate of drug-likeness (QED) is 0.558. The first-order chi connectivity index (χ1) is 13.0. The number of ether oxygens (including phenoxy) is 1. The predicted octanol–water partition coefficient (Wildman–Crippen LogP) is 4.07. The van der Waals surface area contributed by atoms with E-state index >= 15 is 0 Å². The van der Waals surface area contributed by atoms with E-state index in [0.29, 0.717) is 0 Å². The van der Waals surface area contributed by atoms with Gasteiger partial charge in [0.05, 0.1) is 7.11 Å². The van der Waals surface area contributed by atoms with Gasteiger partial charge >= 0.3 is 0 Å². The SMILES string of the molecule is CCN(CC)c1ccc(NC(=S)NC(=O)/C=C/c2ccc(OC)cc2)cc1. The number of hydrogen-bond donors (Lipinski definition) is 2. The molecule has 1 amide bonds. The van der Waals surface area contributed by atoms with Crippen molar-refractivity contribution >= 4 is 40.7 Å². The number of benzene rings is 2. The van der Waals surface area contributed by atoms with E-state index in [0.717, 1.165) is 35.8 Å². The van der Waals surface area contributed by atoms with Crippen LogP contribution in [0.2, 0.25) is 0 Å². The van der Waals surface area contributed by atoms with Crippen LogP contribution in [0.3, 0.4) is 0 Å². The minimum atomic E-state index is -0.289. The van der Waals surface area contributed by atoms with Crippen molar-refractivity contribution in [1.82, 2.24) is 5.32 Å². The summed E-state index contributed by atoms with van der Waals surface area (Å²) >= 11 is 5.20. The molecular weight excluding hydrogens is 358 g/mol. The molecule has 2 aromatic carbocycles. The van der Waals surface area contributed by atoms with Crippen molar-refractivity contribution in [2.75, 3.05) is 30.4 Å². The lowest BCUT2D eigenvalue weighted by Gasteiger charge is -2.21. The molecule has 0 aliphatic heterocycles. The molecule has 0 spiro atoms. The first-order valence-corrected chi connectivity index (χ1v) is 9.25. The maximum absolute atomic E-state index is 12.0. The van der Waals surface area contributed by atoms with Crippen molar-refractivity contribution in [2.24, 2.45) is 0 Å². The van der Waals surface area contributed by atoms with Crippen LogP contribution in [0.4, 0.5) is 11.4 Å². The second-order valence-corrected chi connectivity index (χ2v) is 6.18. The molecule has 2 rings (SSSR count). The zero-order chi connectivity index (χ0) is 19.6. The molecule has 0 fully saturated rings. The van der Waals surface area contributed by atoms with Crippen LogP contribution >= 0.6 is 12.2 Å². The molecule has 5 nitrogen and oxygen atoms in total. The monoisotopic (exact) mass is 383 g/mol. The lowest BCUT2D eigenvalue weighted by Crippen LogP contribution is -2.32. The van der Waals surface area contributed by atoms with Gasteiger partial charge in [-0.3, -0.25) is 10.1 Å². The van der Waals surface area contributed by atoms with Crippen molar-refractivity contribution < 1.29 is 9.53 Å². The van der Waals surface area contributed by atoms with Crippen LogP contribution in [0, 0.1) is 0 Å². The molecule has 6 heteroatoms. The number of nitrogens with zero attached hydrogens (tertiary/aromatic N) is 1. The molecule has 2 N–H and O–H groups in total. The van der Waals surface area contributed by atoms with E-state index in [1.807, 2.05) is 48.5 Å². The first-order valence-electron chi connectivity index (χ1n) is 8.84. The van der Waals surface area contributed by atoms with Gasteiger partial charge in [0.1, 0.15) is 5.75 Å². The number of amides is 1. The van der Waals surface area contributed by atoms with E-state index in [-0.39, 0.29) is 11.0 Å². The second kappa shape index (κ2) is 10.3. The van der Waals surface area contributed by atoms with Crippen LogP contribution in [0.5, 0.6) is 5.75 Å². The van der Waals surface area contributed by atoms with Gasteiger partial charge in [-0.25, -0.2) is 0 Å². The van der Waals surface area contributed by atoms with Crippen molar-refractivity contribution in [2.45, 2.75) is 13.8 Å². The first kappa shape index (κ1) is 20.5. The number of anilines is 2. The molecular formula is C21H25N3O2S. The summed E-state index contributed by atoms with van der Waals surface area (Å²) in [4.78, 5) is 14.3. The summed E-state index contributed by atoms with van der Waals surface area (Å²) in [6, 6.07) is 15.4. The van der Waals surface area contributed by atoms with E-state index in [1.54, 1.807) is 13.2 Å². The number of carbonyl (C=O) groups excluding carboxylic acids is 1. The number of thiocarbonyl (C=S) groups is 1. The Morgan fingerprint density at radius 2 is 1.70 bits per heavy atom. The number of methoxy groups -OCH3 is 1. The normalized spacial score (nSPS) is 10.5. The molecule has 0 aliphatic carbocycles. The fraction of sp³-hybridized carbons (Fsp3) is 0.238. The summed E-state index contributed by atoms with van der Waals surface area (Å²) in [6.45, 7) is 6.16. The Kier molecular flexibility index (Phi) is 7.82. The summed E-state index contributed by atoms with van der Waals surface area (Å²) in [6.07, 6.45) is 3.16. The second-order valence-electron chi connectivity index (χ2n) is 5.77. The van der Waals surface area contributed by atoms with Crippen LogP contribution < -0.4 is 20.3 Å². The van der Waals surface area contributed by atoms with E-state index in [9.17, 15) is 4.79 Å². The molecule has 0 saturated heterocycles. The highest BCUT2D eigenvalue weighted by atomic mass is 32.1. The summed E-state index contributed by atoms with van der Waals surface area (Å²) < 4.78 is 5.11. The van der Waals surface area contributed by atoms with E-state index in [2.05, 4.69) is 29.4 Å². The van der Waals surface area contributed by atoms with E-state index in [4.69, 9.17) is 17.0 Å². The number of nitrogens with one attached hydrogen (secondary N) is 2. The standard InChI is InChI=1S/C21H25N3O2S/c1-4-24(5-2)18-11-9-17(10-12-18)22-21(27)23-20(25)15-8-16-6-13-19(26-3)14-7-16/h6-15H,4-5H2,1-3H3,(H2,22,23,25,27)/b15-8+. The van der Waals surface area contributed by atoms with Gasteiger partial charge in [0.2, 0.25) is 5.91 Å². The average molecular weight is 384 g/mol. The van der Waals surface area contributed by atoms with Crippen LogP contribution in [-0.4, -0.2) is 31.2 Å². The average Bonchev–Trinajstić information content (AvgIpc) is 2.69. The Bertz CT molecular complexity index is 782. The van der Waals surface area contributed by atoms with Gasteiger partial charge < -0.3 is 15.0 Å². The molecule has 0 aliphatic rings. The highest BCUT2D eigenvalue weighted by molar-refractivity contribution is 7.80. The molecule has 0 bridgehead atoms. The van der Waals surface area contributed by atoms with Crippen LogP contribution in [0.1, 0.15) is 19.4 Å². The summed E-state index contributed by atoms with van der Waals surface area (Å²) in [7, 11) is 1.61. The van der Waals surface area contributed by atoms with Crippen molar-refractivity contribution in [3.63, 3.8) is 0 Å². The van der Waals surface area contributed by atoms with Crippen LogP contribution in [-0.2, 0) is 4.79 Å². The zero-order valence-electron chi connectivity index (χ0n) is 15.9. The van der Waals surface area contributed by atoms with Crippen LogP contribution in [0.25, 0.3) is 6.08 Å². The van der Waals surface area contributed by atoms with Gasteiger partial charge in [0, 0.05) is 30.5 Å². The van der Waals surface area contributed by atoms with Crippen molar-refractivity contribution in [3.05, 3.63) is 60.2 Å². The van der Waals surface area contributed by atoms with Crippen molar-refractivity contribution in [3.8, 4) is 5.75 Å². The van der Waals surface area contributed by atoms with E-state index < -0.39 is 0 Å². The summed E-state index contributed by atoms with van der Waals surface area (Å²) in [5, 5.41) is 5.92. The van der Waals surface area contributed by atoms with Crippen molar-refractivity contribution in [1.29, 1.82) is 0 Å². The molecule has 0 saturated carbocycles. The molecule has 0 heterocycles. The fourth-order valence-corrected chi connectivity index (χ4v) is 2.77. The Labute approximate surface area is 166 Å². The van der Waals surface area contributed by atoms with Gasteiger partial charge in [0.15, 0.2) is 5.11 Å². The highest BCUT2D eigenvalue weighted by Gasteiger charge is 2.04. The molecule has 27 heavy (non-hydrogen) atoms. The maximum atomic E-state index is 12.0. The third-order valence-corrected chi connectivity index (χ3v) is 4.24. The zero-order valence-corrected chi connectivity index (χ0v) is 16.7. The number of rotatable bonds is 7. The highest BCUT2D eigenvalue weighted by Crippen LogP contribution is 2.17. The molecule has 142 valence electrons. The Morgan fingerprint density at radius 1 is 1.07 bits per heavy atom. The molecule has 0 radical (unpaired) electrons. The topological polar surface area (TPSA) is 53.6 Å². The van der Waals surface area contributed by atoms with Gasteiger partial charge in [0.25, 0.3) is 0 Å². The molecule has 0 aromatic heterocycles. The maximum Gasteiger partial charge on any atom is 0.250 e. The Morgan fingerprint density at radius 3 is 2.26 bits per heavy atom. The minimum absolute atomic E-state index is 0.259. The Balaban J connectivity index is 1.87. The van der Waals surface area contributed by atoms with Gasteiger partial charge in [-0.05, 0) is 74.1 Å². The fourth-order valence-electron chi connectivity index (χ4n) is 2.55. The van der Waals surface area contributed by atoms with Crippen LogP contribution in [0.15, 0.2) is 54.6 Å². The largest absolute Gasteiger partial charge is 0.497 e. The summed E-state index contributed by atoms with van der Waals surface area (Å²) in [5.74, 6) is 0.483. The lowest BCUT2D eigenvalue weighted by atomic mass is 10.2. The number of carbonyl (C=O) groups is 1. The Hall–Kier alpha value is -2.86. The minimum Gasteiger partial charge on any atom is -0.497 e. The van der Waals surface area contributed by atoms with Gasteiger partial charge in [-0.1, -0.05) is 12.1 Å². The summed E-state index contributed by atoms with van der Waals surface area (Å²) in [5.41, 5.74) is 2.88. The smallest absolute Gasteiger partial charge is 0.250 e. The number of hydrogen-bond acceptors (Lipinski definition) is 4. The molecule has 0 unspecified atom stereocenters. The molecule has 2 aromatic rings. The van der Waals surface area contributed by atoms with E-state index in [1.165, 1.54) is 6.08 Å². The molecule has 0 atom stereocenters. The third-order valence-electron chi connectivity index (χ3n) is 4.03. The van der Waals surface area contributed by atoms with Gasteiger partial charge in [-0.15, -0.1) is 0 Å². The lowest BCUT2D eigenvalue weighted by molar-refractivity contribution is -0.115. The predicted molar refractivity (Wildman–Crippen MR) is 116 cm³/mol. The van der Waals surface area contributed by atoms with Gasteiger partial charge in [-0.2, -0.15) is 0 Å². The third kappa shape index (κ3) is 6.42.